The van der Waals surface area contributed by atoms with Crippen LogP contribution in [0.4, 0.5) is 5.69 Å². The molecule has 1 atom stereocenters. The Morgan fingerprint density at radius 1 is 1.33 bits per heavy atom. The molecule has 0 amide bonds. The number of methoxy groups -OCH3 is 1. The summed E-state index contributed by atoms with van der Waals surface area (Å²) in [5.74, 6) is 0.208. The van der Waals surface area contributed by atoms with E-state index in [2.05, 4.69) is 10.0 Å². The number of nitrogens with zero attached hydrogens (tertiary/aromatic N) is 1. The minimum absolute atomic E-state index is 0.00555. The Morgan fingerprint density at radius 3 is 2.58 bits per heavy atom. The first-order valence-corrected chi connectivity index (χ1v) is 10.7. The molecule has 0 aromatic heterocycles. The molecule has 2 rings (SSSR count). The number of hydrogen-bond donors (Lipinski definition) is 2. The minimum Gasteiger partial charge on any atom is -0.497 e. The molecule has 1 aliphatic heterocycles. The summed E-state index contributed by atoms with van der Waals surface area (Å²) in [6.45, 7) is 2.80. The topological polar surface area (TPSA) is 105 Å². The van der Waals surface area contributed by atoms with Crippen LogP contribution < -0.4 is 14.8 Å². The normalized spacial score (nSPS) is 18.8. The van der Waals surface area contributed by atoms with Gasteiger partial charge in [-0.3, -0.25) is 4.72 Å². The Balaban J connectivity index is 2.47. The maximum atomic E-state index is 12.9. The summed E-state index contributed by atoms with van der Waals surface area (Å²) in [6, 6.07) is 4.08. The third-order valence-corrected chi connectivity index (χ3v) is 7.30. The summed E-state index contributed by atoms with van der Waals surface area (Å²) in [6.07, 6.45) is 0.710. The van der Waals surface area contributed by atoms with E-state index in [0.29, 0.717) is 18.7 Å². The lowest BCUT2D eigenvalue weighted by molar-refractivity contribution is 0.387. The zero-order chi connectivity index (χ0) is 18.0. The van der Waals surface area contributed by atoms with Crippen molar-refractivity contribution in [2.75, 3.05) is 37.7 Å². The van der Waals surface area contributed by atoms with Gasteiger partial charge in [0.15, 0.2) is 0 Å². The van der Waals surface area contributed by atoms with E-state index in [4.69, 9.17) is 4.74 Å². The first kappa shape index (κ1) is 19.0. The lowest BCUT2D eigenvalue weighted by Crippen LogP contribution is -2.38. The molecule has 0 saturated carbocycles. The molecule has 1 heterocycles. The number of sulfonamides is 2. The van der Waals surface area contributed by atoms with Gasteiger partial charge in [0.25, 0.3) is 0 Å². The van der Waals surface area contributed by atoms with Crippen LogP contribution in [0.15, 0.2) is 23.1 Å². The van der Waals surface area contributed by atoms with Crippen LogP contribution in [0.25, 0.3) is 0 Å². The highest BCUT2D eigenvalue weighted by molar-refractivity contribution is 7.93. The van der Waals surface area contributed by atoms with Crippen molar-refractivity contribution in [3.63, 3.8) is 0 Å². The van der Waals surface area contributed by atoms with Gasteiger partial charge in [-0.15, -0.1) is 0 Å². The van der Waals surface area contributed by atoms with Crippen molar-refractivity contribution in [2.24, 2.45) is 0 Å². The summed E-state index contributed by atoms with van der Waals surface area (Å²) < 4.78 is 58.4. The number of hydrogen-bond acceptors (Lipinski definition) is 6. The fraction of sp³-hybridized carbons (Fsp3) is 0.571. The zero-order valence-electron chi connectivity index (χ0n) is 13.9. The van der Waals surface area contributed by atoms with Gasteiger partial charge in [0, 0.05) is 25.7 Å². The summed E-state index contributed by atoms with van der Waals surface area (Å²) in [7, 11) is -4.54. The van der Waals surface area contributed by atoms with Crippen LogP contribution in [-0.4, -0.2) is 60.2 Å². The zero-order valence-corrected chi connectivity index (χ0v) is 15.6. The predicted molar refractivity (Wildman–Crippen MR) is 92.3 cm³/mol. The smallest absolute Gasteiger partial charge is 0.245 e. The molecule has 2 N–H and O–H groups in total. The monoisotopic (exact) mass is 377 g/mol. The van der Waals surface area contributed by atoms with E-state index in [9.17, 15) is 16.8 Å². The number of benzene rings is 1. The Bertz CT molecular complexity index is 787. The fourth-order valence-electron chi connectivity index (χ4n) is 2.48. The largest absolute Gasteiger partial charge is 0.497 e. The van der Waals surface area contributed by atoms with Crippen molar-refractivity contribution < 1.29 is 21.6 Å². The number of rotatable bonds is 7. The van der Waals surface area contributed by atoms with Crippen molar-refractivity contribution >= 4 is 25.7 Å². The van der Waals surface area contributed by atoms with E-state index in [1.54, 1.807) is 0 Å². The molecule has 0 aliphatic carbocycles. The standard InChI is InChI=1S/C14H23N3O5S2/c1-4-23(18,19)16-13-9-12(22-3)5-6-14(13)24(20,21)17(2)11-7-8-15-10-11/h5-6,9,11,15-16H,4,7-8,10H2,1-3H3. The second-order valence-electron chi connectivity index (χ2n) is 5.54. The van der Waals surface area contributed by atoms with Gasteiger partial charge in [-0.05, 0) is 32.0 Å². The van der Waals surface area contributed by atoms with Gasteiger partial charge < -0.3 is 10.1 Å². The van der Waals surface area contributed by atoms with Crippen LogP contribution in [-0.2, 0) is 20.0 Å². The van der Waals surface area contributed by atoms with E-state index in [1.807, 2.05) is 0 Å². The van der Waals surface area contributed by atoms with E-state index in [1.165, 1.54) is 43.6 Å². The van der Waals surface area contributed by atoms with Crippen molar-refractivity contribution in [3.05, 3.63) is 18.2 Å². The quantitative estimate of drug-likeness (QED) is 0.714. The highest BCUT2D eigenvalue weighted by Crippen LogP contribution is 2.30. The Labute approximate surface area is 143 Å². The molecule has 24 heavy (non-hydrogen) atoms. The Hall–Kier alpha value is -1.36. The van der Waals surface area contributed by atoms with E-state index in [0.717, 1.165) is 6.54 Å². The van der Waals surface area contributed by atoms with Crippen LogP contribution in [0, 0.1) is 0 Å². The maximum Gasteiger partial charge on any atom is 0.245 e. The molecular formula is C14H23N3O5S2. The Kier molecular flexibility index (Phi) is 5.74. The molecule has 1 saturated heterocycles. The summed E-state index contributed by atoms with van der Waals surface area (Å²) >= 11 is 0. The predicted octanol–water partition coefficient (Wildman–Crippen LogP) is 0.439. The average molecular weight is 377 g/mol. The molecule has 8 nitrogen and oxygen atoms in total. The van der Waals surface area contributed by atoms with Crippen LogP contribution >= 0.6 is 0 Å². The van der Waals surface area contributed by atoms with Crippen LogP contribution in [0.5, 0.6) is 5.75 Å². The second-order valence-corrected chi connectivity index (χ2v) is 9.51. The molecule has 1 unspecified atom stereocenters. The third kappa shape index (κ3) is 4.00. The van der Waals surface area contributed by atoms with Gasteiger partial charge in [-0.25, -0.2) is 16.8 Å². The molecule has 0 spiro atoms. The van der Waals surface area contributed by atoms with Crippen molar-refractivity contribution in [3.8, 4) is 5.75 Å². The van der Waals surface area contributed by atoms with Crippen LogP contribution in [0.1, 0.15) is 13.3 Å². The molecule has 1 aromatic rings. The van der Waals surface area contributed by atoms with Crippen molar-refractivity contribution in [1.29, 1.82) is 0 Å². The molecule has 0 bridgehead atoms. The number of nitrogens with one attached hydrogen (secondary N) is 2. The van der Waals surface area contributed by atoms with Gasteiger partial charge in [-0.2, -0.15) is 4.31 Å². The molecule has 1 aromatic carbocycles. The van der Waals surface area contributed by atoms with E-state index >= 15 is 0 Å². The second kappa shape index (κ2) is 7.26. The highest BCUT2D eigenvalue weighted by Gasteiger charge is 2.32. The number of likely N-dealkylation sites (N-methyl/N-ethyl adjacent to an activating group) is 1. The molecule has 0 radical (unpaired) electrons. The van der Waals surface area contributed by atoms with E-state index in [-0.39, 0.29) is 22.4 Å². The minimum atomic E-state index is -3.85. The van der Waals surface area contributed by atoms with Gasteiger partial charge in [0.05, 0.1) is 18.6 Å². The van der Waals surface area contributed by atoms with Crippen LogP contribution in [0.3, 0.4) is 0 Å². The Morgan fingerprint density at radius 2 is 2.04 bits per heavy atom. The molecule has 136 valence electrons. The maximum absolute atomic E-state index is 12.9. The molecule has 10 heteroatoms. The number of anilines is 1. The first-order valence-electron chi connectivity index (χ1n) is 7.58. The molecule has 1 fully saturated rings. The lowest BCUT2D eigenvalue weighted by atomic mass is 10.3. The third-order valence-electron chi connectivity index (χ3n) is 4.04. The van der Waals surface area contributed by atoms with Crippen molar-refractivity contribution in [2.45, 2.75) is 24.3 Å². The van der Waals surface area contributed by atoms with E-state index < -0.39 is 20.0 Å². The highest BCUT2D eigenvalue weighted by atomic mass is 32.2. The SMILES string of the molecule is CCS(=O)(=O)Nc1cc(OC)ccc1S(=O)(=O)N(C)C1CCNC1. The van der Waals surface area contributed by atoms with Gasteiger partial charge in [0.1, 0.15) is 10.6 Å². The molecular weight excluding hydrogens is 354 g/mol. The average Bonchev–Trinajstić information content (AvgIpc) is 3.07. The first-order chi connectivity index (χ1) is 11.2. The van der Waals surface area contributed by atoms with Gasteiger partial charge in [0.2, 0.25) is 20.0 Å². The van der Waals surface area contributed by atoms with Crippen molar-refractivity contribution in [1.82, 2.24) is 9.62 Å². The van der Waals surface area contributed by atoms with Gasteiger partial charge in [-0.1, -0.05) is 0 Å². The molecule has 1 aliphatic rings. The number of ether oxygens (including phenoxy) is 1. The summed E-state index contributed by atoms with van der Waals surface area (Å²) in [4.78, 5) is -0.0882. The lowest BCUT2D eigenvalue weighted by Gasteiger charge is -2.24. The summed E-state index contributed by atoms with van der Waals surface area (Å²) in [5.41, 5.74) is -0.00555. The fourth-order valence-corrected chi connectivity index (χ4v) is 4.71. The van der Waals surface area contributed by atoms with Gasteiger partial charge >= 0.3 is 0 Å². The van der Waals surface area contributed by atoms with Crippen LogP contribution in [0.2, 0.25) is 0 Å². The summed E-state index contributed by atoms with van der Waals surface area (Å²) in [5, 5.41) is 3.12.